The topological polar surface area (TPSA) is 56.8 Å². The average Bonchev–Trinajstić information content (AvgIpc) is 3.34. The number of imidazole rings is 1. The molecular weight excluding hydrogens is 541 g/mol. The average molecular weight is 571 g/mol. The number of methoxy groups -OCH3 is 1. The van der Waals surface area contributed by atoms with Crippen LogP contribution in [0.3, 0.4) is 0 Å². The van der Waals surface area contributed by atoms with Crippen molar-refractivity contribution in [1.82, 2.24) is 14.3 Å². The fourth-order valence-electron chi connectivity index (χ4n) is 5.77. The number of hydrogen-bond donors (Lipinski definition) is 0. The van der Waals surface area contributed by atoms with Crippen molar-refractivity contribution in [2.24, 2.45) is 0 Å². The minimum atomic E-state index is 0.605. The number of hydrogen-bond acceptors (Lipinski definition) is 5. The Morgan fingerprint density at radius 3 is 2.45 bits per heavy atom. The smallest absolute Gasteiger partial charge is 0.157 e. The highest BCUT2D eigenvalue weighted by molar-refractivity contribution is 6.31. The molecule has 0 aliphatic carbocycles. The molecule has 2 aromatic heterocycles. The predicted molar refractivity (Wildman–Crippen MR) is 162 cm³/mol. The van der Waals surface area contributed by atoms with E-state index in [1.54, 1.807) is 7.11 Å². The van der Waals surface area contributed by atoms with Crippen LogP contribution in [0.4, 0.5) is 5.82 Å². The van der Waals surface area contributed by atoms with Gasteiger partial charge < -0.3 is 9.64 Å². The number of benzene rings is 3. The second-order valence-electron chi connectivity index (χ2n) is 10.2. The number of anilines is 1. The SMILES string of the molecule is COc1ccc(Cl)cc1CN1CCN(c2c(Cc3ccccc3Cl)c(C)c(C#N)c3nc4ccccc4n23)CC1. The van der Waals surface area contributed by atoms with Gasteiger partial charge in [-0.25, -0.2) is 4.98 Å². The third-order valence-electron chi connectivity index (χ3n) is 7.84. The van der Waals surface area contributed by atoms with Gasteiger partial charge >= 0.3 is 0 Å². The number of ether oxygens (including phenoxy) is 1. The van der Waals surface area contributed by atoms with Gasteiger partial charge in [0.25, 0.3) is 0 Å². The van der Waals surface area contributed by atoms with Crippen LogP contribution in [-0.4, -0.2) is 47.6 Å². The van der Waals surface area contributed by atoms with Gasteiger partial charge in [0.1, 0.15) is 17.6 Å². The maximum Gasteiger partial charge on any atom is 0.157 e. The van der Waals surface area contributed by atoms with Crippen molar-refractivity contribution >= 4 is 45.7 Å². The summed E-state index contributed by atoms with van der Waals surface area (Å²) in [6.45, 7) is 6.19. The van der Waals surface area contributed by atoms with Gasteiger partial charge in [0.2, 0.25) is 0 Å². The molecule has 0 saturated carbocycles. The van der Waals surface area contributed by atoms with E-state index < -0.39 is 0 Å². The maximum absolute atomic E-state index is 10.3. The standard InChI is InChI=1S/C32H29Cl2N5O/c1-21-25(18-22-7-3-4-8-27(22)34)32(39-29-10-6-5-9-28(29)36-31(39)26(21)19-35)38-15-13-37(14-16-38)20-23-17-24(33)11-12-30(23)40-2/h3-12,17H,13-16,18,20H2,1-2H3. The summed E-state index contributed by atoms with van der Waals surface area (Å²) >= 11 is 12.9. The van der Waals surface area contributed by atoms with Crippen LogP contribution < -0.4 is 9.64 Å². The number of aromatic nitrogens is 2. The number of nitriles is 1. The predicted octanol–water partition coefficient (Wildman–Crippen LogP) is 6.90. The normalized spacial score (nSPS) is 14.1. The van der Waals surface area contributed by atoms with Gasteiger partial charge in [0.15, 0.2) is 5.65 Å². The number of para-hydroxylation sites is 2. The van der Waals surface area contributed by atoms with Crippen LogP contribution in [-0.2, 0) is 13.0 Å². The van der Waals surface area contributed by atoms with Gasteiger partial charge in [0.05, 0.1) is 23.7 Å². The van der Waals surface area contributed by atoms with Gasteiger partial charge in [-0.2, -0.15) is 5.26 Å². The highest BCUT2D eigenvalue weighted by Gasteiger charge is 2.27. The molecular formula is C32H29Cl2N5O. The lowest BCUT2D eigenvalue weighted by Gasteiger charge is -2.38. The van der Waals surface area contributed by atoms with Crippen molar-refractivity contribution in [3.05, 3.63) is 105 Å². The van der Waals surface area contributed by atoms with Gasteiger partial charge in [-0.05, 0) is 54.4 Å². The third kappa shape index (κ3) is 4.75. The molecule has 0 spiro atoms. The minimum absolute atomic E-state index is 0.605. The van der Waals surface area contributed by atoms with Crippen LogP contribution in [0.2, 0.25) is 10.0 Å². The minimum Gasteiger partial charge on any atom is -0.496 e. The molecule has 6 nitrogen and oxygen atoms in total. The Morgan fingerprint density at radius 2 is 1.70 bits per heavy atom. The molecule has 5 aromatic rings. The fraction of sp³-hybridized carbons (Fsp3) is 0.250. The van der Waals surface area contributed by atoms with Crippen molar-refractivity contribution in [3.8, 4) is 11.8 Å². The van der Waals surface area contributed by atoms with Crippen molar-refractivity contribution in [1.29, 1.82) is 5.26 Å². The Labute approximate surface area is 243 Å². The third-order valence-corrected chi connectivity index (χ3v) is 8.44. The molecule has 1 fully saturated rings. The van der Waals surface area contributed by atoms with E-state index in [0.29, 0.717) is 22.7 Å². The molecule has 0 unspecified atom stereocenters. The Bertz CT molecular complexity index is 1770. The highest BCUT2D eigenvalue weighted by atomic mass is 35.5. The first-order chi connectivity index (χ1) is 19.5. The first kappa shape index (κ1) is 26.5. The van der Waals surface area contributed by atoms with Crippen LogP contribution in [0.1, 0.15) is 27.8 Å². The number of rotatable bonds is 6. The zero-order valence-electron chi connectivity index (χ0n) is 22.5. The van der Waals surface area contributed by atoms with Crippen LogP contribution in [0.25, 0.3) is 16.7 Å². The molecule has 0 N–H and O–H groups in total. The van der Waals surface area contributed by atoms with Crippen LogP contribution in [0.5, 0.6) is 5.75 Å². The number of halogens is 2. The molecule has 1 aliphatic rings. The quantitative estimate of drug-likeness (QED) is 0.222. The van der Waals surface area contributed by atoms with E-state index in [2.05, 4.69) is 32.4 Å². The first-order valence-electron chi connectivity index (χ1n) is 13.3. The van der Waals surface area contributed by atoms with Crippen LogP contribution >= 0.6 is 23.2 Å². The maximum atomic E-state index is 10.3. The molecule has 0 atom stereocenters. The Balaban J connectivity index is 1.43. The van der Waals surface area contributed by atoms with Crippen LogP contribution in [0.15, 0.2) is 66.7 Å². The molecule has 0 bridgehead atoms. The molecule has 3 heterocycles. The summed E-state index contributed by atoms with van der Waals surface area (Å²) in [6.07, 6.45) is 0.623. The Morgan fingerprint density at radius 1 is 0.950 bits per heavy atom. The lowest BCUT2D eigenvalue weighted by Crippen LogP contribution is -2.47. The summed E-state index contributed by atoms with van der Waals surface area (Å²) in [7, 11) is 1.69. The van der Waals surface area contributed by atoms with Crippen molar-refractivity contribution < 1.29 is 4.74 Å². The van der Waals surface area contributed by atoms with Crippen molar-refractivity contribution in [2.75, 3.05) is 38.2 Å². The van der Waals surface area contributed by atoms with E-state index in [-0.39, 0.29) is 0 Å². The summed E-state index contributed by atoms with van der Waals surface area (Å²) in [5, 5.41) is 11.7. The van der Waals surface area contributed by atoms with E-state index in [1.165, 1.54) is 0 Å². The Kier molecular flexibility index (Phi) is 7.29. The summed E-state index contributed by atoms with van der Waals surface area (Å²) in [5.41, 5.74) is 7.35. The van der Waals surface area contributed by atoms with E-state index in [0.717, 1.165) is 82.6 Å². The summed E-state index contributed by atoms with van der Waals surface area (Å²) in [4.78, 5) is 9.78. The number of fused-ring (bicyclic) bond motifs is 3. The second-order valence-corrected chi connectivity index (χ2v) is 11.0. The monoisotopic (exact) mass is 569 g/mol. The first-order valence-corrected chi connectivity index (χ1v) is 14.1. The van der Waals surface area contributed by atoms with Crippen molar-refractivity contribution in [2.45, 2.75) is 19.9 Å². The Hall–Kier alpha value is -3.76. The lowest BCUT2D eigenvalue weighted by molar-refractivity contribution is 0.245. The molecule has 0 radical (unpaired) electrons. The molecule has 40 heavy (non-hydrogen) atoms. The summed E-state index contributed by atoms with van der Waals surface area (Å²) in [5.74, 6) is 1.93. The molecule has 8 heteroatoms. The molecule has 1 saturated heterocycles. The summed E-state index contributed by atoms with van der Waals surface area (Å²) < 4.78 is 7.77. The number of nitrogens with zero attached hydrogens (tertiary/aromatic N) is 5. The van der Waals surface area contributed by atoms with Crippen molar-refractivity contribution in [3.63, 3.8) is 0 Å². The van der Waals surface area contributed by atoms with E-state index in [1.807, 2.05) is 61.5 Å². The number of piperazine rings is 1. The van der Waals surface area contributed by atoms with Gasteiger partial charge in [0, 0.05) is 60.3 Å². The van der Waals surface area contributed by atoms with Gasteiger partial charge in [-0.15, -0.1) is 0 Å². The summed E-state index contributed by atoms with van der Waals surface area (Å²) in [6, 6.07) is 24.3. The second kappa shape index (κ2) is 11.0. The molecule has 3 aromatic carbocycles. The number of pyridine rings is 1. The molecule has 0 amide bonds. The zero-order valence-corrected chi connectivity index (χ0v) is 24.0. The van der Waals surface area contributed by atoms with E-state index in [4.69, 9.17) is 32.9 Å². The fourth-order valence-corrected chi connectivity index (χ4v) is 6.17. The zero-order chi connectivity index (χ0) is 27.8. The molecule has 202 valence electrons. The van der Waals surface area contributed by atoms with Crippen LogP contribution in [0, 0.1) is 18.3 Å². The lowest BCUT2D eigenvalue weighted by atomic mass is 9.97. The van der Waals surface area contributed by atoms with Gasteiger partial charge in [-0.3, -0.25) is 9.30 Å². The van der Waals surface area contributed by atoms with E-state index in [9.17, 15) is 5.26 Å². The highest BCUT2D eigenvalue weighted by Crippen LogP contribution is 2.36. The molecule has 1 aliphatic heterocycles. The van der Waals surface area contributed by atoms with Gasteiger partial charge in [-0.1, -0.05) is 53.5 Å². The van der Waals surface area contributed by atoms with E-state index >= 15 is 0 Å². The largest absolute Gasteiger partial charge is 0.496 e. The molecule has 6 rings (SSSR count).